The van der Waals surface area contributed by atoms with Crippen LogP contribution >= 0.6 is 11.3 Å². The van der Waals surface area contributed by atoms with Gasteiger partial charge in [-0.2, -0.15) is 0 Å². The SMILES string of the molecule is CC[C@H](C)[C@@H]([C@@H](CC(=O)N1CCC[C@H]1[C@H](OC)[C@@H](C)C(=O)NC(Cc1ccccc1)c1nccs1)OC)N(C)C(=O)[C@@H](NC(=O)C(C(C)C)N(C)C(=O)CCOCCOCCNC(=O)CON)C(C)C. The fourth-order valence-corrected chi connectivity index (χ4v) is 9.85. The van der Waals surface area contributed by atoms with E-state index < -0.39 is 42.2 Å². The van der Waals surface area contributed by atoms with Crippen LogP contribution in [0.5, 0.6) is 0 Å². The molecule has 394 valence electrons. The number of carbonyl (C=O) groups is 6. The van der Waals surface area contributed by atoms with Crippen molar-refractivity contribution in [2.24, 2.45) is 29.6 Å². The first kappa shape index (κ1) is 59.7. The summed E-state index contributed by atoms with van der Waals surface area (Å²) < 4.78 is 23.2. The first-order chi connectivity index (χ1) is 33.4. The van der Waals surface area contributed by atoms with Crippen LogP contribution in [0.3, 0.4) is 0 Å². The molecule has 0 bridgehead atoms. The van der Waals surface area contributed by atoms with Crippen LogP contribution in [0.25, 0.3) is 0 Å². The molecule has 9 atom stereocenters. The number of ether oxygens (including phenoxy) is 4. The number of nitrogens with zero attached hydrogens (tertiary/aromatic N) is 4. The van der Waals surface area contributed by atoms with Crippen molar-refractivity contribution in [3.63, 3.8) is 0 Å². The topological polar surface area (TPSA) is 233 Å². The molecule has 3 rings (SSSR count). The summed E-state index contributed by atoms with van der Waals surface area (Å²) in [6.45, 7) is 14.6. The zero-order chi connectivity index (χ0) is 51.9. The molecule has 19 nitrogen and oxygen atoms in total. The Kier molecular flexibility index (Phi) is 26.5. The maximum atomic E-state index is 14.6. The van der Waals surface area contributed by atoms with E-state index in [1.807, 2.05) is 84.2 Å². The first-order valence-electron chi connectivity index (χ1n) is 24.6. The summed E-state index contributed by atoms with van der Waals surface area (Å²) in [7, 11) is 6.37. The van der Waals surface area contributed by atoms with E-state index in [4.69, 9.17) is 24.8 Å². The van der Waals surface area contributed by atoms with Gasteiger partial charge in [-0.3, -0.25) is 33.6 Å². The molecule has 2 unspecified atom stereocenters. The lowest BCUT2D eigenvalue weighted by molar-refractivity contribution is -0.148. The number of aromatic nitrogens is 1. The van der Waals surface area contributed by atoms with E-state index in [0.29, 0.717) is 25.8 Å². The van der Waals surface area contributed by atoms with Crippen LogP contribution in [0, 0.1) is 23.7 Å². The Morgan fingerprint density at radius 3 is 2.16 bits per heavy atom. The van der Waals surface area contributed by atoms with Gasteiger partial charge in [0.15, 0.2) is 0 Å². The Morgan fingerprint density at radius 2 is 1.57 bits per heavy atom. The third kappa shape index (κ3) is 17.9. The number of thiazole rings is 1. The molecule has 6 amide bonds. The molecule has 1 aromatic heterocycles. The van der Waals surface area contributed by atoms with Crippen molar-refractivity contribution >= 4 is 46.8 Å². The highest BCUT2D eigenvalue weighted by Crippen LogP contribution is 2.31. The summed E-state index contributed by atoms with van der Waals surface area (Å²) in [4.78, 5) is 95.5. The average Bonchev–Trinajstić information content (AvgIpc) is 4.06. The Hall–Kier alpha value is -4.57. The molecule has 20 heteroatoms. The molecule has 0 radical (unpaired) electrons. The largest absolute Gasteiger partial charge is 0.379 e. The number of likely N-dealkylation sites (tertiary alicyclic amines) is 1. The molecule has 0 aliphatic carbocycles. The number of nitrogens with two attached hydrogens (primary N) is 1. The van der Waals surface area contributed by atoms with Gasteiger partial charge in [0.05, 0.1) is 75.5 Å². The standard InChI is InChI=1S/C50H82N8O11S/c1-12-34(6)45(57(9)50(64)43(32(2)3)55-48(63)44(33(4)5)56(8)41(60)20-24-67-26-27-68-25-21-52-40(59)31-69-51)39(65-10)30-42(61)58-23-16-19-38(58)46(66-11)35(7)47(62)54-37(49-53-22-28-70-49)29-36-17-14-13-15-18-36/h13-15,17-18,22,28,32-35,37-39,43-46H,12,16,19-21,23-27,29-31,51H2,1-11H3,(H,52,59)(H,54,62)(H,55,63)/t34-,35+,37?,38-,39+,43-,44?,45-,46+/m0/s1. The Morgan fingerprint density at radius 1 is 0.886 bits per heavy atom. The van der Waals surface area contributed by atoms with Crippen molar-refractivity contribution in [1.29, 1.82) is 0 Å². The summed E-state index contributed by atoms with van der Waals surface area (Å²) in [5, 5.41) is 11.5. The van der Waals surface area contributed by atoms with Crippen molar-refractivity contribution in [2.45, 2.75) is 129 Å². The van der Waals surface area contributed by atoms with Gasteiger partial charge < -0.3 is 49.6 Å². The maximum Gasteiger partial charge on any atom is 0.248 e. The lowest BCUT2D eigenvalue weighted by atomic mass is 9.89. The fraction of sp³-hybridized carbons (Fsp3) is 0.700. The molecule has 2 aromatic rings. The second-order valence-corrected chi connectivity index (χ2v) is 19.7. The van der Waals surface area contributed by atoms with Crippen LogP contribution < -0.4 is 21.8 Å². The monoisotopic (exact) mass is 1000 g/mol. The minimum Gasteiger partial charge on any atom is -0.379 e. The third-order valence-electron chi connectivity index (χ3n) is 13.2. The zero-order valence-corrected chi connectivity index (χ0v) is 44.2. The number of rotatable bonds is 32. The smallest absolute Gasteiger partial charge is 0.248 e. The summed E-state index contributed by atoms with van der Waals surface area (Å²) in [6.07, 6.45) is 3.07. The van der Waals surface area contributed by atoms with Crippen LogP contribution in [0.15, 0.2) is 41.9 Å². The fourth-order valence-electron chi connectivity index (χ4n) is 9.17. The molecule has 0 spiro atoms. The quantitative estimate of drug-likeness (QED) is 0.0608. The van der Waals surface area contributed by atoms with E-state index in [1.54, 1.807) is 37.2 Å². The molecule has 0 saturated carbocycles. The Balaban J connectivity index is 1.68. The number of likely N-dealkylation sites (N-methyl/N-ethyl adjacent to an activating group) is 2. The third-order valence-corrected chi connectivity index (χ3v) is 14.1. The highest BCUT2D eigenvalue weighted by molar-refractivity contribution is 7.09. The van der Waals surface area contributed by atoms with E-state index >= 15 is 0 Å². The lowest BCUT2D eigenvalue weighted by Crippen LogP contribution is -2.60. The first-order valence-corrected chi connectivity index (χ1v) is 25.4. The van der Waals surface area contributed by atoms with Crippen molar-refractivity contribution in [3.8, 4) is 0 Å². The van der Waals surface area contributed by atoms with E-state index in [2.05, 4.69) is 25.8 Å². The van der Waals surface area contributed by atoms with E-state index in [9.17, 15) is 28.8 Å². The Labute approximate surface area is 419 Å². The van der Waals surface area contributed by atoms with E-state index in [0.717, 1.165) is 17.0 Å². The van der Waals surface area contributed by atoms with Gasteiger partial charge in [0, 0.05) is 53.0 Å². The van der Waals surface area contributed by atoms with Gasteiger partial charge >= 0.3 is 0 Å². The molecule has 1 aliphatic rings. The molecule has 1 aromatic carbocycles. The predicted octanol–water partition coefficient (Wildman–Crippen LogP) is 3.52. The van der Waals surface area contributed by atoms with Gasteiger partial charge in [0.25, 0.3) is 0 Å². The molecule has 1 aliphatic heterocycles. The second kappa shape index (κ2) is 31.0. The van der Waals surface area contributed by atoms with Gasteiger partial charge in [-0.25, -0.2) is 10.9 Å². The molecular weight excluding hydrogens is 921 g/mol. The van der Waals surface area contributed by atoms with Crippen molar-refractivity contribution in [1.82, 2.24) is 35.6 Å². The van der Waals surface area contributed by atoms with Crippen LogP contribution in [0.1, 0.15) is 97.2 Å². The molecule has 70 heavy (non-hydrogen) atoms. The van der Waals surface area contributed by atoms with Crippen LogP contribution in [0.4, 0.5) is 0 Å². The number of nitrogens with one attached hydrogen (secondary N) is 3. The predicted molar refractivity (Wildman–Crippen MR) is 267 cm³/mol. The number of carbonyl (C=O) groups excluding carboxylic acids is 6. The minimum atomic E-state index is -0.950. The van der Waals surface area contributed by atoms with Crippen LogP contribution in [0.2, 0.25) is 0 Å². The normalized spacial score (nSPS) is 17.2. The van der Waals surface area contributed by atoms with Crippen LogP contribution in [-0.4, -0.2) is 166 Å². The highest BCUT2D eigenvalue weighted by atomic mass is 32.1. The number of methoxy groups -OCH3 is 2. The molecule has 1 saturated heterocycles. The molecular formula is C50H82N8O11S. The summed E-state index contributed by atoms with van der Waals surface area (Å²) >= 11 is 1.49. The van der Waals surface area contributed by atoms with Crippen molar-refractivity contribution in [2.75, 3.05) is 74.4 Å². The molecule has 2 heterocycles. The van der Waals surface area contributed by atoms with Gasteiger partial charge in [-0.05, 0) is 42.6 Å². The molecule has 1 fully saturated rings. The average molecular weight is 1000 g/mol. The van der Waals surface area contributed by atoms with Crippen molar-refractivity contribution in [3.05, 3.63) is 52.5 Å². The Bertz CT molecular complexity index is 1890. The minimum absolute atomic E-state index is 0.0211. The lowest BCUT2D eigenvalue weighted by Gasteiger charge is -2.41. The summed E-state index contributed by atoms with van der Waals surface area (Å²) in [5.74, 6) is 1.73. The van der Waals surface area contributed by atoms with Gasteiger partial charge in [-0.1, -0.05) is 85.2 Å². The van der Waals surface area contributed by atoms with Crippen LogP contribution in [-0.2, 0) is 59.0 Å². The maximum absolute atomic E-state index is 14.6. The summed E-state index contributed by atoms with van der Waals surface area (Å²) in [6, 6.07) is 6.86. The number of hydrogen-bond acceptors (Lipinski definition) is 14. The number of amides is 6. The number of benzene rings is 1. The van der Waals surface area contributed by atoms with E-state index in [1.165, 1.54) is 23.3 Å². The van der Waals surface area contributed by atoms with Gasteiger partial charge in [0.2, 0.25) is 35.4 Å². The van der Waals surface area contributed by atoms with Gasteiger partial charge in [-0.15, -0.1) is 11.3 Å². The van der Waals surface area contributed by atoms with E-state index in [-0.39, 0.29) is 112 Å². The number of hydrogen-bond donors (Lipinski definition) is 4. The van der Waals surface area contributed by atoms with Crippen molar-refractivity contribution < 1.29 is 52.6 Å². The summed E-state index contributed by atoms with van der Waals surface area (Å²) in [5.41, 5.74) is 1.07. The second-order valence-electron chi connectivity index (χ2n) is 18.8. The molecule has 5 N–H and O–H groups in total. The highest BCUT2D eigenvalue weighted by Gasteiger charge is 2.43. The van der Waals surface area contributed by atoms with Gasteiger partial charge in [0.1, 0.15) is 23.7 Å². The zero-order valence-electron chi connectivity index (χ0n) is 43.3.